The van der Waals surface area contributed by atoms with E-state index >= 15 is 0 Å². The van der Waals surface area contributed by atoms with Crippen molar-refractivity contribution < 1.29 is 0 Å². The second kappa shape index (κ2) is 12.6. The first kappa shape index (κ1) is 32.4. The average molecular weight is 729 g/mol. The summed E-state index contributed by atoms with van der Waals surface area (Å²) in [5, 5.41) is 3.75. The second-order valence-corrected chi connectivity index (χ2v) is 16.0. The van der Waals surface area contributed by atoms with Gasteiger partial charge in [-0.2, -0.15) is 0 Å². The van der Waals surface area contributed by atoms with E-state index in [-0.39, 0.29) is 5.92 Å². The summed E-state index contributed by atoms with van der Waals surface area (Å²) in [5.74, 6) is 0.602. The van der Waals surface area contributed by atoms with Gasteiger partial charge in [0, 0.05) is 45.0 Å². The molecule has 0 fully saturated rings. The number of rotatable bonds is 5. The first-order valence-corrected chi connectivity index (χ1v) is 20.3. The van der Waals surface area contributed by atoms with Crippen molar-refractivity contribution >= 4 is 40.1 Å². The van der Waals surface area contributed by atoms with Crippen LogP contribution in [0.3, 0.4) is 0 Å². The Morgan fingerprint density at radius 3 is 2.21 bits per heavy atom. The molecule has 0 spiro atoms. The van der Waals surface area contributed by atoms with Gasteiger partial charge in [-0.15, -0.1) is 0 Å². The van der Waals surface area contributed by atoms with Gasteiger partial charge in [0.05, 0.1) is 11.4 Å². The summed E-state index contributed by atoms with van der Waals surface area (Å²) in [6.07, 6.45) is 24.5. The highest BCUT2D eigenvalue weighted by molar-refractivity contribution is 5.92. The summed E-state index contributed by atoms with van der Waals surface area (Å²) < 4.78 is 2.54. The van der Waals surface area contributed by atoms with Crippen LogP contribution in [0.1, 0.15) is 46.6 Å². The van der Waals surface area contributed by atoms with E-state index < -0.39 is 0 Å². The van der Waals surface area contributed by atoms with E-state index in [1.165, 1.54) is 82.7 Å². The highest BCUT2D eigenvalue weighted by Gasteiger charge is 2.33. The Balaban J connectivity index is 1.02. The maximum atomic E-state index is 4.14. The van der Waals surface area contributed by atoms with E-state index in [0.717, 1.165) is 29.9 Å². The molecule has 3 atom stereocenters. The molecule has 5 aliphatic rings. The molecule has 57 heavy (non-hydrogen) atoms. The van der Waals surface area contributed by atoms with Crippen LogP contribution in [-0.2, 0) is 6.42 Å². The van der Waals surface area contributed by atoms with Crippen LogP contribution in [0.5, 0.6) is 0 Å². The van der Waals surface area contributed by atoms with Crippen LogP contribution in [0.25, 0.3) is 56.4 Å². The molecule has 0 amide bonds. The third kappa shape index (κ3) is 4.90. The predicted molar refractivity (Wildman–Crippen MR) is 239 cm³/mol. The highest BCUT2D eigenvalue weighted by Crippen LogP contribution is 2.51. The summed E-state index contributed by atoms with van der Waals surface area (Å²) in [6.45, 7) is 4.14. The maximum Gasteiger partial charge on any atom is 0.0627 e. The fourth-order valence-corrected chi connectivity index (χ4v) is 10.5. The van der Waals surface area contributed by atoms with E-state index in [0.29, 0.717) is 12.0 Å². The number of benzene rings is 6. The summed E-state index contributed by atoms with van der Waals surface area (Å²) in [6, 6.07) is 48.5. The normalized spacial score (nSPS) is 19.1. The smallest absolute Gasteiger partial charge is 0.0627 e. The summed E-state index contributed by atoms with van der Waals surface area (Å²) in [4.78, 5) is 2.46. The SMILES string of the molecule is C=C/C=c1\c2n(c3ccc(N(c4ccc(-c5ccc6c(c5)-c5ccccc5C6)cc4)c4ccc5c(c4)C4C=CC=CC4c4ccccc4-5)cc13)C1CC=CC=C1C=2. The van der Waals surface area contributed by atoms with Crippen molar-refractivity contribution in [1.29, 1.82) is 0 Å². The zero-order valence-electron chi connectivity index (χ0n) is 31.6. The Kier molecular flexibility index (Phi) is 7.13. The Labute approximate surface area is 333 Å². The minimum atomic E-state index is 0.280. The van der Waals surface area contributed by atoms with Crippen molar-refractivity contribution in [3.05, 3.63) is 221 Å². The molecule has 0 bridgehead atoms. The molecule has 7 aromatic rings. The monoisotopic (exact) mass is 728 g/mol. The minimum Gasteiger partial charge on any atom is -0.332 e. The van der Waals surface area contributed by atoms with Crippen molar-refractivity contribution in [2.45, 2.75) is 30.7 Å². The van der Waals surface area contributed by atoms with Gasteiger partial charge in [-0.05, 0) is 129 Å². The average Bonchev–Trinajstić information content (AvgIpc) is 3.93. The number of hydrogen-bond acceptors (Lipinski definition) is 1. The molecule has 4 aliphatic carbocycles. The van der Waals surface area contributed by atoms with E-state index in [2.05, 4.69) is 198 Å². The molecule has 1 aromatic heterocycles. The van der Waals surface area contributed by atoms with Gasteiger partial charge < -0.3 is 9.47 Å². The summed E-state index contributed by atoms with van der Waals surface area (Å²) >= 11 is 0. The van der Waals surface area contributed by atoms with E-state index in [1.54, 1.807) is 0 Å². The van der Waals surface area contributed by atoms with Crippen LogP contribution in [0.15, 0.2) is 188 Å². The first-order chi connectivity index (χ1) is 28.2. The molecular formula is C55H40N2. The molecule has 2 heteroatoms. The van der Waals surface area contributed by atoms with Gasteiger partial charge in [-0.1, -0.05) is 140 Å². The predicted octanol–water partition coefficient (Wildman–Crippen LogP) is 12.5. The van der Waals surface area contributed by atoms with Crippen molar-refractivity contribution in [3.8, 4) is 33.4 Å². The standard InChI is InChI=1S/C55H40N2/c1-2-11-49-52-34-42(27-29-54(52)57-53-19-10-4-13-39(53)32-55(49)57)56(41-26-28-48-46-17-7-6-15-44(46)45-16-8-9-18-47(45)51(48)33-41)40-24-22-35(23-25-40)36-20-21-38-30-37-12-3-5-14-43(37)50(38)31-36/h2-18,20-29,31-34,45,47,53H,1,19,30H2/b49-11-. The van der Waals surface area contributed by atoms with E-state index in [1.807, 2.05) is 6.08 Å². The number of allylic oxidation sites excluding steroid dienone is 9. The minimum absolute atomic E-state index is 0.280. The van der Waals surface area contributed by atoms with Crippen LogP contribution < -0.4 is 15.5 Å². The Morgan fingerprint density at radius 2 is 1.33 bits per heavy atom. The molecule has 270 valence electrons. The number of nitrogens with zero attached hydrogens (tertiary/aromatic N) is 2. The molecule has 3 unspecified atom stereocenters. The molecule has 2 nitrogen and oxygen atoms in total. The van der Waals surface area contributed by atoms with Gasteiger partial charge in [-0.25, -0.2) is 0 Å². The fraction of sp³-hybridized carbons (Fsp3) is 0.0909. The zero-order chi connectivity index (χ0) is 37.6. The van der Waals surface area contributed by atoms with Gasteiger partial charge in [0.15, 0.2) is 0 Å². The lowest BCUT2D eigenvalue weighted by Gasteiger charge is -2.35. The lowest BCUT2D eigenvalue weighted by atomic mass is 9.70. The molecule has 0 N–H and O–H groups in total. The van der Waals surface area contributed by atoms with Crippen molar-refractivity contribution in [2.24, 2.45) is 0 Å². The topological polar surface area (TPSA) is 8.17 Å². The molecule has 12 rings (SSSR count). The highest BCUT2D eigenvalue weighted by atomic mass is 15.1. The number of fused-ring (bicyclic) bond motifs is 14. The maximum absolute atomic E-state index is 4.14. The number of aromatic nitrogens is 1. The van der Waals surface area contributed by atoms with Gasteiger partial charge >= 0.3 is 0 Å². The quantitative estimate of drug-likeness (QED) is 0.171. The summed E-state index contributed by atoms with van der Waals surface area (Å²) in [7, 11) is 0. The largest absolute Gasteiger partial charge is 0.332 e. The van der Waals surface area contributed by atoms with Gasteiger partial charge in [0.1, 0.15) is 0 Å². The third-order valence-electron chi connectivity index (χ3n) is 13.0. The lowest BCUT2D eigenvalue weighted by Crippen LogP contribution is -2.26. The first-order valence-electron chi connectivity index (χ1n) is 20.3. The lowest BCUT2D eigenvalue weighted by molar-refractivity contribution is 0.618. The Bertz CT molecular complexity index is 3110. The van der Waals surface area contributed by atoms with E-state index in [9.17, 15) is 0 Å². The third-order valence-corrected chi connectivity index (χ3v) is 13.0. The van der Waals surface area contributed by atoms with Crippen LogP contribution in [0.4, 0.5) is 17.1 Å². The van der Waals surface area contributed by atoms with Crippen LogP contribution >= 0.6 is 0 Å². The molecule has 0 saturated heterocycles. The molecule has 0 saturated carbocycles. The van der Waals surface area contributed by atoms with Crippen molar-refractivity contribution in [2.75, 3.05) is 4.90 Å². The van der Waals surface area contributed by atoms with Crippen molar-refractivity contribution in [3.63, 3.8) is 0 Å². The molecule has 1 aliphatic heterocycles. The van der Waals surface area contributed by atoms with Crippen molar-refractivity contribution in [1.82, 2.24) is 4.57 Å². The van der Waals surface area contributed by atoms with E-state index in [4.69, 9.17) is 0 Å². The number of hydrogen-bond donors (Lipinski definition) is 0. The fourth-order valence-electron chi connectivity index (χ4n) is 10.5. The Hall–Kier alpha value is -6.90. The van der Waals surface area contributed by atoms with Crippen LogP contribution in [0.2, 0.25) is 0 Å². The molecule has 2 heterocycles. The Morgan fingerprint density at radius 1 is 0.614 bits per heavy atom. The second-order valence-electron chi connectivity index (χ2n) is 16.0. The van der Waals surface area contributed by atoms with Gasteiger partial charge in [-0.3, -0.25) is 0 Å². The number of anilines is 3. The summed E-state index contributed by atoms with van der Waals surface area (Å²) in [5.41, 5.74) is 19.5. The van der Waals surface area contributed by atoms with Crippen LogP contribution in [0, 0.1) is 0 Å². The molecule has 0 radical (unpaired) electrons. The molecular weight excluding hydrogens is 689 g/mol. The zero-order valence-corrected chi connectivity index (χ0v) is 31.6. The van der Waals surface area contributed by atoms with Crippen LogP contribution in [-0.4, -0.2) is 4.57 Å². The van der Waals surface area contributed by atoms with Gasteiger partial charge in [0.25, 0.3) is 0 Å². The molecule has 6 aromatic carbocycles. The van der Waals surface area contributed by atoms with Gasteiger partial charge in [0.2, 0.25) is 0 Å².